The van der Waals surface area contributed by atoms with Crippen molar-refractivity contribution >= 4 is 17.3 Å². The van der Waals surface area contributed by atoms with Crippen LogP contribution in [0.15, 0.2) is 41.1 Å². The van der Waals surface area contributed by atoms with E-state index in [4.69, 9.17) is 4.74 Å². The molecule has 0 saturated carbocycles. The molecule has 0 fully saturated rings. The number of benzene rings is 1. The maximum atomic E-state index is 11.7. The average Bonchev–Trinajstić information content (AvgIpc) is 2.97. The van der Waals surface area contributed by atoms with Crippen LogP contribution in [0.2, 0.25) is 0 Å². The number of rotatable bonds is 6. The maximum absolute atomic E-state index is 11.7. The molecule has 0 aliphatic heterocycles. The first-order valence-electron chi connectivity index (χ1n) is 6.61. The molecule has 1 aromatic heterocycles. The summed E-state index contributed by atoms with van der Waals surface area (Å²) in [6.07, 6.45) is 0.990. The third-order valence-electron chi connectivity index (χ3n) is 3.19. The van der Waals surface area contributed by atoms with Gasteiger partial charge in [0, 0.05) is 12.6 Å². The zero-order chi connectivity index (χ0) is 14.4. The molecular formula is C16H19NO2S. The number of esters is 1. The lowest BCUT2D eigenvalue weighted by molar-refractivity contribution is 0.0599. The Labute approximate surface area is 123 Å². The summed E-state index contributed by atoms with van der Waals surface area (Å²) < 4.78 is 4.80. The summed E-state index contributed by atoms with van der Waals surface area (Å²) in [5, 5.41) is 7.71. The van der Waals surface area contributed by atoms with Crippen LogP contribution < -0.4 is 5.32 Å². The topological polar surface area (TPSA) is 38.3 Å². The monoisotopic (exact) mass is 289 g/mol. The highest BCUT2D eigenvalue weighted by Gasteiger charge is 2.11. The molecule has 4 heteroatoms. The second kappa shape index (κ2) is 7.22. The van der Waals surface area contributed by atoms with Crippen molar-refractivity contribution in [2.75, 3.05) is 7.11 Å². The van der Waals surface area contributed by atoms with Gasteiger partial charge in [0.1, 0.15) is 0 Å². The van der Waals surface area contributed by atoms with Gasteiger partial charge in [-0.1, -0.05) is 18.2 Å². The molecule has 0 amide bonds. The van der Waals surface area contributed by atoms with Gasteiger partial charge in [0.2, 0.25) is 0 Å². The van der Waals surface area contributed by atoms with Gasteiger partial charge in [-0.05, 0) is 47.4 Å². The number of ether oxygens (including phenoxy) is 1. The fourth-order valence-electron chi connectivity index (χ4n) is 2.10. The van der Waals surface area contributed by atoms with E-state index in [1.807, 2.05) is 18.2 Å². The van der Waals surface area contributed by atoms with Gasteiger partial charge in [-0.25, -0.2) is 4.79 Å². The van der Waals surface area contributed by atoms with Crippen LogP contribution >= 0.6 is 11.3 Å². The molecule has 2 rings (SSSR count). The molecule has 1 atom stereocenters. The van der Waals surface area contributed by atoms with Crippen molar-refractivity contribution in [3.8, 4) is 0 Å². The predicted octanol–water partition coefficient (Wildman–Crippen LogP) is 3.26. The Morgan fingerprint density at radius 3 is 2.85 bits per heavy atom. The van der Waals surface area contributed by atoms with Crippen molar-refractivity contribution in [1.82, 2.24) is 5.32 Å². The maximum Gasteiger partial charge on any atom is 0.338 e. The van der Waals surface area contributed by atoms with E-state index in [1.54, 1.807) is 17.4 Å². The van der Waals surface area contributed by atoms with Gasteiger partial charge in [0.05, 0.1) is 12.7 Å². The van der Waals surface area contributed by atoms with Gasteiger partial charge in [-0.2, -0.15) is 11.3 Å². The number of carbonyl (C=O) groups excluding carboxylic acids is 1. The summed E-state index contributed by atoms with van der Waals surface area (Å²) in [4.78, 5) is 11.7. The molecule has 0 saturated heterocycles. The molecule has 1 heterocycles. The van der Waals surface area contributed by atoms with Crippen molar-refractivity contribution in [2.24, 2.45) is 0 Å². The molecule has 0 aliphatic carbocycles. The van der Waals surface area contributed by atoms with Crippen molar-refractivity contribution < 1.29 is 9.53 Å². The molecular weight excluding hydrogens is 270 g/mol. The SMILES string of the molecule is COC(=O)c1ccccc1CNC(C)Cc1ccsc1. The Hall–Kier alpha value is -1.65. The fourth-order valence-corrected chi connectivity index (χ4v) is 2.78. The molecule has 0 radical (unpaired) electrons. The molecule has 1 unspecified atom stereocenters. The Bertz CT molecular complexity index is 551. The summed E-state index contributed by atoms with van der Waals surface area (Å²) in [5.41, 5.74) is 2.94. The van der Waals surface area contributed by atoms with Crippen molar-refractivity contribution in [3.63, 3.8) is 0 Å². The van der Waals surface area contributed by atoms with Crippen LogP contribution in [0.3, 0.4) is 0 Å². The van der Waals surface area contributed by atoms with E-state index in [2.05, 4.69) is 29.1 Å². The van der Waals surface area contributed by atoms with Gasteiger partial charge in [-0.3, -0.25) is 0 Å². The molecule has 0 spiro atoms. The van der Waals surface area contributed by atoms with Crippen LogP contribution in [0.25, 0.3) is 0 Å². The van der Waals surface area contributed by atoms with Crippen LogP contribution in [-0.2, 0) is 17.7 Å². The van der Waals surface area contributed by atoms with Crippen LogP contribution in [0, 0.1) is 0 Å². The second-order valence-corrected chi connectivity index (χ2v) is 5.55. The minimum atomic E-state index is -0.284. The predicted molar refractivity (Wildman–Crippen MR) is 82.1 cm³/mol. The van der Waals surface area contributed by atoms with E-state index < -0.39 is 0 Å². The number of nitrogens with one attached hydrogen (secondary N) is 1. The lowest BCUT2D eigenvalue weighted by Crippen LogP contribution is -2.28. The van der Waals surface area contributed by atoms with Crippen LogP contribution in [0.5, 0.6) is 0 Å². The highest BCUT2D eigenvalue weighted by atomic mass is 32.1. The Balaban J connectivity index is 1.95. The lowest BCUT2D eigenvalue weighted by atomic mass is 10.1. The van der Waals surface area contributed by atoms with Crippen LogP contribution in [0.4, 0.5) is 0 Å². The van der Waals surface area contributed by atoms with Crippen molar-refractivity contribution in [3.05, 3.63) is 57.8 Å². The third kappa shape index (κ3) is 3.92. The lowest BCUT2D eigenvalue weighted by Gasteiger charge is -2.14. The van der Waals surface area contributed by atoms with E-state index in [0.29, 0.717) is 18.2 Å². The Morgan fingerprint density at radius 1 is 1.35 bits per heavy atom. The molecule has 1 N–H and O–H groups in total. The van der Waals surface area contributed by atoms with E-state index in [1.165, 1.54) is 12.7 Å². The summed E-state index contributed by atoms with van der Waals surface area (Å²) in [7, 11) is 1.41. The number of hydrogen-bond donors (Lipinski definition) is 1. The minimum absolute atomic E-state index is 0.284. The van der Waals surface area contributed by atoms with Crippen LogP contribution in [0.1, 0.15) is 28.4 Å². The molecule has 0 aliphatic rings. The minimum Gasteiger partial charge on any atom is -0.465 e. The van der Waals surface area contributed by atoms with E-state index >= 15 is 0 Å². The first-order valence-corrected chi connectivity index (χ1v) is 7.55. The molecule has 3 nitrogen and oxygen atoms in total. The summed E-state index contributed by atoms with van der Waals surface area (Å²) in [6, 6.07) is 10.0. The summed E-state index contributed by atoms with van der Waals surface area (Å²) in [5.74, 6) is -0.284. The first kappa shape index (κ1) is 14.8. The molecule has 106 valence electrons. The largest absolute Gasteiger partial charge is 0.465 e. The molecule has 0 bridgehead atoms. The summed E-state index contributed by atoms with van der Waals surface area (Å²) >= 11 is 1.72. The van der Waals surface area contributed by atoms with Crippen LogP contribution in [-0.4, -0.2) is 19.1 Å². The van der Waals surface area contributed by atoms with Crippen molar-refractivity contribution in [1.29, 1.82) is 0 Å². The van der Waals surface area contributed by atoms with Crippen molar-refractivity contribution in [2.45, 2.75) is 25.9 Å². The highest BCUT2D eigenvalue weighted by Crippen LogP contribution is 2.12. The number of methoxy groups -OCH3 is 1. The van der Waals surface area contributed by atoms with E-state index in [0.717, 1.165) is 12.0 Å². The Kier molecular flexibility index (Phi) is 5.32. The highest BCUT2D eigenvalue weighted by molar-refractivity contribution is 7.07. The average molecular weight is 289 g/mol. The zero-order valence-electron chi connectivity index (χ0n) is 11.8. The van der Waals surface area contributed by atoms with Gasteiger partial charge in [0.15, 0.2) is 0 Å². The normalized spacial score (nSPS) is 12.1. The number of hydrogen-bond acceptors (Lipinski definition) is 4. The summed E-state index contributed by atoms with van der Waals surface area (Å²) in [6.45, 7) is 2.81. The van der Waals surface area contributed by atoms with E-state index in [-0.39, 0.29) is 5.97 Å². The number of thiophene rings is 1. The smallest absolute Gasteiger partial charge is 0.338 e. The van der Waals surface area contributed by atoms with E-state index in [9.17, 15) is 4.79 Å². The third-order valence-corrected chi connectivity index (χ3v) is 3.92. The Morgan fingerprint density at radius 2 is 2.15 bits per heavy atom. The zero-order valence-corrected chi connectivity index (χ0v) is 12.6. The fraction of sp³-hybridized carbons (Fsp3) is 0.312. The number of carbonyl (C=O) groups is 1. The van der Waals surface area contributed by atoms with Gasteiger partial charge in [-0.15, -0.1) is 0 Å². The van der Waals surface area contributed by atoms with Gasteiger partial charge < -0.3 is 10.1 Å². The van der Waals surface area contributed by atoms with Gasteiger partial charge >= 0.3 is 5.97 Å². The standard InChI is InChI=1S/C16H19NO2S/c1-12(9-13-7-8-20-11-13)17-10-14-5-3-4-6-15(14)16(18)19-2/h3-8,11-12,17H,9-10H2,1-2H3. The molecule has 1 aromatic carbocycles. The second-order valence-electron chi connectivity index (χ2n) is 4.77. The quantitative estimate of drug-likeness (QED) is 0.830. The first-order chi connectivity index (χ1) is 9.70. The van der Waals surface area contributed by atoms with Gasteiger partial charge in [0.25, 0.3) is 0 Å². The molecule has 2 aromatic rings. The molecule has 20 heavy (non-hydrogen) atoms.